The van der Waals surface area contributed by atoms with Crippen molar-refractivity contribution < 1.29 is 5.11 Å². The molecule has 3 rings (SSSR count). The van der Waals surface area contributed by atoms with E-state index in [4.69, 9.17) is 0 Å². The van der Waals surface area contributed by atoms with Crippen LogP contribution in [0.5, 0.6) is 0 Å². The van der Waals surface area contributed by atoms with Crippen LogP contribution in [0.1, 0.15) is 79.0 Å². The molecule has 0 saturated heterocycles. The topological polar surface area (TPSA) is 20.2 Å². The first-order valence-corrected chi connectivity index (χ1v) is 9.61. The predicted octanol–water partition coefficient (Wildman–Crippen LogP) is 6.74. The van der Waals surface area contributed by atoms with E-state index in [0.717, 1.165) is 11.1 Å². The van der Waals surface area contributed by atoms with E-state index in [9.17, 15) is 5.11 Å². The summed E-state index contributed by atoms with van der Waals surface area (Å²) in [5.41, 5.74) is 9.49. The third-order valence-corrected chi connectivity index (χ3v) is 5.47. The van der Waals surface area contributed by atoms with Gasteiger partial charge in [0.25, 0.3) is 0 Å². The van der Waals surface area contributed by atoms with Crippen LogP contribution in [0.2, 0.25) is 0 Å². The van der Waals surface area contributed by atoms with Crippen LogP contribution < -0.4 is 0 Å². The SMILES string of the molecule is Cc1cc([C@H](O)c2ccc(C(C)C)cc2)c2c(C)ccc(C(C)C)cc1-2. The number of hydrogen-bond acceptors (Lipinski definition) is 1. The molecular weight excluding hydrogens is 316 g/mol. The van der Waals surface area contributed by atoms with E-state index in [-0.39, 0.29) is 0 Å². The molecule has 1 N–H and O–H groups in total. The molecule has 0 heterocycles. The molecule has 2 aliphatic carbocycles. The molecule has 0 fully saturated rings. The molecule has 136 valence electrons. The molecule has 1 nitrogen and oxygen atoms in total. The van der Waals surface area contributed by atoms with E-state index in [2.05, 4.69) is 90.1 Å². The fourth-order valence-corrected chi connectivity index (χ4v) is 3.70. The Morgan fingerprint density at radius 1 is 0.654 bits per heavy atom. The molecule has 0 radical (unpaired) electrons. The maximum absolute atomic E-state index is 11.1. The van der Waals surface area contributed by atoms with Gasteiger partial charge in [0.15, 0.2) is 0 Å². The number of fused-ring (bicyclic) bond motifs is 1. The third-order valence-electron chi connectivity index (χ3n) is 5.47. The highest BCUT2D eigenvalue weighted by atomic mass is 16.3. The van der Waals surface area contributed by atoms with Gasteiger partial charge >= 0.3 is 0 Å². The number of aliphatic hydroxyl groups is 1. The monoisotopic (exact) mass is 346 g/mol. The second kappa shape index (κ2) is 7.25. The molecular formula is C25H30O. The van der Waals surface area contributed by atoms with Crippen LogP contribution in [0, 0.1) is 13.8 Å². The van der Waals surface area contributed by atoms with Crippen molar-refractivity contribution in [2.24, 2.45) is 0 Å². The van der Waals surface area contributed by atoms with Crippen molar-refractivity contribution in [3.8, 4) is 11.1 Å². The van der Waals surface area contributed by atoms with Gasteiger partial charge in [-0.05, 0) is 70.2 Å². The van der Waals surface area contributed by atoms with Gasteiger partial charge in [-0.15, -0.1) is 0 Å². The highest BCUT2D eigenvalue weighted by Gasteiger charge is 2.22. The van der Waals surface area contributed by atoms with Crippen LogP contribution >= 0.6 is 0 Å². The van der Waals surface area contributed by atoms with Crippen molar-refractivity contribution in [3.63, 3.8) is 0 Å². The van der Waals surface area contributed by atoms with Gasteiger partial charge in [0.1, 0.15) is 6.10 Å². The van der Waals surface area contributed by atoms with Crippen molar-refractivity contribution in [1.82, 2.24) is 0 Å². The van der Waals surface area contributed by atoms with Crippen LogP contribution in [0.15, 0.2) is 48.5 Å². The number of rotatable bonds is 4. The van der Waals surface area contributed by atoms with Crippen LogP contribution in [0.25, 0.3) is 11.1 Å². The molecule has 1 aromatic carbocycles. The lowest BCUT2D eigenvalue weighted by molar-refractivity contribution is 0.221. The van der Waals surface area contributed by atoms with E-state index < -0.39 is 6.10 Å². The maximum Gasteiger partial charge on any atom is 0.105 e. The Kier molecular flexibility index (Phi) is 5.20. The summed E-state index contributed by atoms with van der Waals surface area (Å²) in [5.74, 6) is 0.982. The third kappa shape index (κ3) is 3.41. The molecule has 0 saturated carbocycles. The first kappa shape index (κ1) is 18.7. The number of benzene rings is 1. The summed E-state index contributed by atoms with van der Waals surface area (Å²) in [5, 5.41) is 11.1. The summed E-state index contributed by atoms with van der Waals surface area (Å²) >= 11 is 0. The lowest BCUT2D eigenvalue weighted by Gasteiger charge is -2.14. The summed E-state index contributed by atoms with van der Waals surface area (Å²) in [7, 11) is 0. The molecule has 0 aromatic heterocycles. The van der Waals surface area contributed by atoms with Gasteiger partial charge in [0, 0.05) is 0 Å². The van der Waals surface area contributed by atoms with Crippen molar-refractivity contribution >= 4 is 0 Å². The Labute approximate surface area is 158 Å². The quantitative estimate of drug-likeness (QED) is 0.555. The average molecular weight is 347 g/mol. The molecule has 0 bridgehead atoms. The Morgan fingerprint density at radius 2 is 1.19 bits per heavy atom. The maximum atomic E-state index is 11.1. The summed E-state index contributed by atoms with van der Waals surface area (Å²) in [6.07, 6.45) is -0.601. The first-order chi connectivity index (χ1) is 12.3. The minimum Gasteiger partial charge on any atom is -0.384 e. The summed E-state index contributed by atoms with van der Waals surface area (Å²) in [6.45, 7) is 13.1. The molecule has 26 heavy (non-hydrogen) atoms. The molecule has 0 amide bonds. The van der Waals surface area contributed by atoms with Gasteiger partial charge in [-0.3, -0.25) is 0 Å². The van der Waals surface area contributed by atoms with Crippen LogP contribution in [-0.4, -0.2) is 5.11 Å². The van der Waals surface area contributed by atoms with Gasteiger partial charge < -0.3 is 5.11 Å². The largest absolute Gasteiger partial charge is 0.384 e. The molecule has 1 heteroatoms. The number of aryl methyl sites for hydroxylation is 2. The smallest absolute Gasteiger partial charge is 0.105 e. The van der Waals surface area contributed by atoms with Gasteiger partial charge in [-0.1, -0.05) is 76.2 Å². The highest BCUT2D eigenvalue weighted by molar-refractivity contribution is 5.78. The van der Waals surface area contributed by atoms with Crippen LogP contribution in [0.3, 0.4) is 0 Å². The van der Waals surface area contributed by atoms with Gasteiger partial charge in [0.2, 0.25) is 0 Å². The second-order valence-electron chi connectivity index (χ2n) is 8.11. The fraction of sp³-hybridized carbons (Fsp3) is 0.360. The van der Waals surface area contributed by atoms with Crippen LogP contribution in [0.4, 0.5) is 0 Å². The molecule has 1 aromatic rings. The lowest BCUT2D eigenvalue weighted by Crippen LogP contribution is -2.00. The van der Waals surface area contributed by atoms with Crippen molar-refractivity contribution in [1.29, 1.82) is 0 Å². The average Bonchev–Trinajstić information content (AvgIpc) is 2.82. The zero-order chi connectivity index (χ0) is 19.0. The number of hydrogen-bond donors (Lipinski definition) is 1. The molecule has 0 aliphatic heterocycles. The Hall–Kier alpha value is -2.12. The normalized spacial score (nSPS) is 13.0. The van der Waals surface area contributed by atoms with E-state index in [0.29, 0.717) is 11.8 Å². The van der Waals surface area contributed by atoms with E-state index in [1.54, 1.807) is 0 Å². The Balaban J connectivity index is 2.09. The molecule has 0 unspecified atom stereocenters. The van der Waals surface area contributed by atoms with Gasteiger partial charge in [0.05, 0.1) is 0 Å². The minimum absolute atomic E-state index is 0.483. The van der Waals surface area contributed by atoms with Crippen LogP contribution in [-0.2, 0) is 0 Å². The standard InChI is InChI=1S/C25H30O/c1-15(2)19-9-11-20(12-10-19)25(26)23-13-18(6)22-14-21(16(3)4)8-7-17(5)24(22)23/h7-16,25-26H,1-6H3/t25-/m1/s1. The second-order valence-corrected chi connectivity index (χ2v) is 8.11. The fourth-order valence-electron chi connectivity index (χ4n) is 3.70. The molecule has 1 atom stereocenters. The van der Waals surface area contributed by atoms with Gasteiger partial charge in [-0.2, -0.15) is 0 Å². The van der Waals surface area contributed by atoms with E-state index >= 15 is 0 Å². The summed E-state index contributed by atoms with van der Waals surface area (Å²) < 4.78 is 0. The van der Waals surface area contributed by atoms with Crippen molar-refractivity contribution in [3.05, 3.63) is 81.9 Å². The summed E-state index contributed by atoms with van der Waals surface area (Å²) in [6, 6.07) is 17.2. The van der Waals surface area contributed by atoms with E-state index in [1.165, 1.54) is 33.4 Å². The Bertz CT molecular complexity index is 872. The lowest BCUT2D eigenvalue weighted by atomic mass is 9.94. The Morgan fingerprint density at radius 3 is 1.77 bits per heavy atom. The van der Waals surface area contributed by atoms with E-state index in [1.807, 2.05) is 0 Å². The minimum atomic E-state index is -0.601. The van der Waals surface area contributed by atoms with Gasteiger partial charge in [-0.25, -0.2) is 0 Å². The zero-order valence-corrected chi connectivity index (χ0v) is 16.8. The summed E-state index contributed by atoms with van der Waals surface area (Å²) in [4.78, 5) is 0. The first-order valence-electron chi connectivity index (χ1n) is 9.61. The highest BCUT2D eigenvalue weighted by Crippen LogP contribution is 2.40. The number of aliphatic hydroxyl groups excluding tert-OH is 1. The molecule has 2 aliphatic rings. The zero-order valence-electron chi connectivity index (χ0n) is 16.8. The van der Waals surface area contributed by atoms with Crippen molar-refractivity contribution in [2.75, 3.05) is 0 Å². The predicted molar refractivity (Wildman–Crippen MR) is 111 cm³/mol. The molecule has 0 spiro atoms. The van der Waals surface area contributed by atoms with Crippen molar-refractivity contribution in [2.45, 2.75) is 59.5 Å².